The van der Waals surface area contributed by atoms with Crippen molar-refractivity contribution >= 4 is 21.6 Å². The molecule has 118 valence electrons. The minimum Gasteiger partial charge on any atom is -0.316 e. The molecule has 1 fully saturated rings. The summed E-state index contributed by atoms with van der Waals surface area (Å²) < 4.78 is 41.1. The van der Waals surface area contributed by atoms with E-state index in [0.717, 1.165) is 12.8 Å². The number of hydrogen-bond acceptors (Lipinski definition) is 3. The lowest BCUT2D eigenvalue weighted by Gasteiger charge is -2.18. The topological polar surface area (TPSA) is 49.4 Å². The first kappa shape index (κ1) is 16.7. The van der Waals surface area contributed by atoms with E-state index in [-0.39, 0.29) is 22.0 Å². The van der Waals surface area contributed by atoms with Gasteiger partial charge in [0.05, 0.1) is 0 Å². The Morgan fingerprint density at radius 2 is 2.19 bits per heavy atom. The maximum Gasteiger partial charge on any atom is 0.246 e. The Balaban J connectivity index is 2.40. The van der Waals surface area contributed by atoms with Crippen molar-refractivity contribution in [1.29, 1.82) is 0 Å². The predicted octanol–water partition coefficient (Wildman–Crippen LogP) is 2.62. The molecule has 1 aliphatic rings. The van der Waals surface area contributed by atoms with Crippen molar-refractivity contribution in [3.8, 4) is 0 Å². The quantitative estimate of drug-likeness (QED) is 0.900. The second kappa shape index (κ2) is 6.60. The van der Waals surface area contributed by atoms with E-state index in [1.165, 1.54) is 16.4 Å². The van der Waals surface area contributed by atoms with Gasteiger partial charge in [-0.05, 0) is 31.5 Å². The van der Waals surface area contributed by atoms with Gasteiger partial charge in [0.25, 0.3) is 0 Å². The number of sulfonamides is 1. The molecule has 1 saturated heterocycles. The molecule has 0 spiro atoms. The molecule has 0 amide bonds. The summed E-state index contributed by atoms with van der Waals surface area (Å²) in [5.41, 5.74) is 0.259. The van der Waals surface area contributed by atoms with Crippen LogP contribution >= 0.6 is 11.6 Å². The zero-order valence-electron chi connectivity index (χ0n) is 12.2. The summed E-state index contributed by atoms with van der Waals surface area (Å²) in [4.78, 5) is -0.322. The standard InChI is InChI=1S/C14H20ClFN2O2S/c1-3-10-4-5-18(9-10)21(19,20)13-7-12(15)6-11(8-17-2)14(13)16/h6-7,10,17H,3-5,8-9H2,1-2H3. The number of halogens is 2. The SMILES string of the molecule is CCC1CCN(S(=O)(=O)c2cc(Cl)cc(CNC)c2F)C1. The van der Waals surface area contributed by atoms with Gasteiger partial charge in [0.15, 0.2) is 0 Å². The Morgan fingerprint density at radius 1 is 1.48 bits per heavy atom. The molecule has 1 atom stereocenters. The minimum absolute atomic E-state index is 0.228. The van der Waals surface area contributed by atoms with Crippen LogP contribution in [0.15, 0.2) is 17.0 Å². The highest BCUT2D eigenvalue weighted by Crippen LogP contribution is 2.30. The first-order valence-corrected chi connectivity index (χ1v) is 8.84. The molecule has 1 N–H and O–H groups in total. The van der Waals surface area contributed by atoms with Crippen molar-refractivity contribution in [2.75, 3.05) is 20.1 Å². The Bertz CT molecular complexity index is 622. The van der Waals surface area contributed by atoms with Gasteiger partial charge in [-0.15, -0.1) is 0 Å². The van der Waals surface area contributed by atoms with E-state index in [1.54, 1.807) is 7.05 Å². The molecular formula is C14H20ClFN2O2S. The fourth-order valence-electron chi connectivity index (χ4n) is 2.61. The number of benzene rings is 1. The predicted molar refractivity (Wildman–Crippen MR) is 81.3 cm³/mol. The molecule has 1 aromatic rings. The van der Waals surface area contributed by atoms with Crippen molar-refractivity contribution in [3.05, 3.63) is 28.5 Å². The summed E-state index contributed by atoms with van der Waals surface area (Å²) in [5, 5.41) is 3.04. The van der Waals surface area contributed by atoms with Crippen LogP contribution in [0.1, 0.15) is 25.3 Å². The third-order valence-corrected chi connectivity index (χ3v) is 5.97. The van der Waals surface area contributed by atoms with Crippen molar-refractivity contribution < 1.29 is 12.8 Å². The molecule has 1 heterocycles. The second-order valence-electron chi connectivity index (χ2n) is 5.33. The molecule has 4 nitrogen and oxygen atoms in total. The lowest BCUT2D eigenvalue weighted by Crippen LogP contribution is -2.30. The maximum absolute atomic E-state index is 14.5. The van der Waals surface area contributed by atoms with Crippen molar-refractivity contribution in [2.45, 2.75) is 31.2 Å². The number of rotatable bonds is 5. The minimum atomic E-state index is -3.83. The Kier molecular flexibility index (Phi) is 5.24. The van der Waals surface area contributed by atoms with Crippen LogP contribution in [0.5, 0.6) is 0 Å². The van der Waals surface area contributed by atoms with Gasteiger partial charge in [-0.1, -0.05) is 24.9 Å². The zero-order valence-corrected chi connectivity index (χ0v) is 13.8. The van der Waals surface area contributed by atoms with Gasteiger partial charge in [-0.3, -0.25) is 0 Å². The van der Waals surface area contributed by atoms with Crippen LogP contribution in [0, 0.1) is 11.7 Å². The molecule has 1 unspecified atom stereocenters. The number of nitrogens with zero attached hydrogens (tertiary/aromatic N) is 1. The summed E-state index contributed by atoms with van der Waals surface area (Å²) in [6, 6.07) is 2.65. The molecule has 21 heavy (non-hydrogen) atoms. The van der Waals surface area contributed by atoms with Gasteiger partial charge in [0.1, 0.15) is 10.7 Å². The molecule has 7 heteroatoms. The average molecular weight is 335 g/mol. The van der Waals surface area contributed by atoms with Gasteiger partial charge >= 0.3 is 0 Å². The van der Waals surface area contributed by atoms with Gasteiger partial charge in [-0.25, -0.2) is 12.8 Å². The Labute approximate surface area is 130 Å². The third kappa shape index (κ3) is 3.39. The number of nitrogens with one attached hydrogen (secondary N) is 1. The van der Waals surface area contributed by atoms with Crippen LogP contribution in [-0.2, 0) is 16.6 Å². The fourth-order valence-corrected chi connectivity index (χ4v) is 4.58. The summed E-state index contributed by atoms with van der Waals surface area (Å²) >= 11 is 5.95. The highest BCUT2D eigenvalue weighted by Gasteiger charge is 2.34. The van der Waals surface area contributed by atoms with Crippen LogP contribution in [0.3, 0.4) is 0 Å². The smallest absolute Gasteiger partial charge is 0.246 e. The molecule has 1 aliphatic heterocycles. The molecular weight excluding hydrogens is 315 g/mol. The van der Waals surface area contributed by atoms with E-state index >= 15 is 0 Å². The largest absolute Gasteiger partial charge is 0.316 e. The van der Waals surface area contributed by atoms with Crippen LogP contribution in [-0.4, -0.2) is 32.9 Å². The van der Waals surface area contributed by atoms with E-state index in [1.807, 2.05) is 6.92 Å². The molecule has 0 aliphatic carbocycles. The molecule has 0 aromatic heterocycles. The van der Waals surface area contributed by atoms with E-state index in [0.29, 0.717) is 19.0 Å². The van der Waals surface area contributed by atoms with E-state index in [2.05, 4.69) is 5.32 Å². The second-order valence-corrected chi connectivity index (χ2v) is 7.68. The molecule has 0 saturated carbocycles. The first-order valence-electron chi connectivity index (χ1n) is 7.02. The Hall–Kier alpha value is -0.690. The van der Waals surface area contributed by atoms with Gasteiger partial charge in [0.2, 0.25) is 10.0 Å². The molecule has 2 rings (SSSR count). The van der Waals surface area contributed by atoms with E-state index < -0.39 is 15.8 Å². The highest BCUT2D eigenvalue weighted by atomic mass is 35.5. The van der Waals surface area contributed by atoms with Gasteiger partial charge < -0.3 is 5.32 Å². The van der Waals surface area contributed by atoms with E-state index in [9.17, 15) is 12.8 Å². The first-order chi connectivity index (χ1) is 9.90. The van der Waals surface area contributed by atoms with Crippen molar-refractivity contribution in [3.63, 3.8) is 0 Å². The van der Waals surface area contributed by atoms with Crippen LogP contribution in [0.4, 0.5) is 4.39 Å². The summed E-state index contributed by atoms with van der Waals surface area (Å²) in [5.74, 6) is -0.368. The lowest BCUT2D eigenvalue weighted by atomic mass is 10.1. The van der Waals surface area contributed by atoms with Gasteiger partial charge in [-0.2, -0.15) is 4.31 Å². The summed E-state index contributed by atoms with van der Waals surface area (Å²) in [7, 11) is -2.16. The molecule has 0 radical (unpaired) electrons. The third-order valence-electron chi connectivity index (χ3n) is 3.89. The molecule has 1 aromatic carbocycles. The van der Waals surface area contributed by atoms with Crippen molar-refractivity contribution in [2.24, 2.45) is 5.92 Å². The maximum atomic E-state index is 14.5. The van der Waals surface area contributed by atoms with Crippen LogP contribution in [0.25, 0.3) is 0 Å². The monoisotopic (exact) mass is 334 g/mol. The molecule has 0 bridgehead atoms. The highest BCUT2D eigenvalue weighted by molar-refractivity contribution is 7.89. The lowest BCUT2D eigenvalue weighted by molar-refractivity contribution is 0.447. The summed E-state index contributed by atoms with van der Waals surface area (Å²) in [6.07, 6.45) is 1.75. The average Bonchev–Trinajstić information content (AvgIpc) is 2.92. The van der Waals surface area contributed by atoms with Crippen molar-refractivity contribution in [1.82, 2.24) is 9.62 Å². The van der Waals surface area contributed by atoms with Gasteiger partial charge in [0, 0.05) is 30.2 Å². The summed E-state index contributed by atoms with van der Waals surface area (Å²) in [6.45, 7) is 3.15. The fraction of sp³-hybridized carbons (Fsp3) is 0.571. The number of hydrogen-bond donors (Lipinski definition) is 1. The normalized spacial score (nSPS) is 20.1. The van der Waals surface area contributed by atoms with Crippen LogP contribution in [0.2, 0.25) is 5.02 Å². The van der Waals surface area contributed by atoms with Crippen LogP contribution < -0.4 is 5.32 Å². The van der Waals surface area contributed by atoms with E-state index in [4.69, 9.17) is 11.6 Å². The zero-order chi connectivity index (χ0) is 15.6. The Morgan fingerprint density at radius 3 is 2.76 bits per heavy atom.